The molecule has 2 heterocycles. The van der Waals surface area contributed by atoms with Crippen LogP contribution in [0.4, 0.5) is 0 Å². The fourth-order valence-corrected chi connectivity index (χ4v) is 2.68. The number of fused-ring (bicyclic) bond motifs is 1. The molecule has 0 aliphatic rings. The number of H-pyrrole nitrogens is 1. The van der Waals surface area contributed by atoms with Gasteiger partial charge in [0, 0.05) is 17.9 Å². The first-order valence-corrected chi connectivity index (χ1v) is 7.40. The summed E-state index contributed by atoms with van der Waals surface area (Å²) in [7, 11) is 0. The van der Waals surface area contributed by atoms with Crippen LogP contribution in [0.25, 0.3) is 11.0 Å². The van der Waals surface area contributed by atoms with E-state index in [0.29, 0.717) is 6.61 Å². The second-order valence-electron chi connectivity index (χ2n) is 4.37. The molecule has 6 heteroatoms. The van der Waals surface area contributed by atoms with E-state index in [1.807, 2.05) is 38.1 Å². The highest BCUT2D eigenvalue weighted by Crippen LogP contribution is 2.25. The number of aromatic nitrogens is 3. The number of ether oxygens (including phenoxy) is 1. The number of rotatable bonds is 5. The van der Waals surface area contributed by atoms with Crippen molar-refractivity contribution in [3.63, 3.8) is 0 Å². The van der Waals surface area contributed by atoms with Crippen molar-refractivity contribution in [2.24, 2.45) is 0 Å². The summed E-state index contributed by atoms with van der Waals surface area (Å²) in [4.78, 5) is 7.81. The first-order valence-electron chi connectivity index (χ1n) is 6.42. The van der Waals surface area contributed by atoms with Crippen LogP contribution in [0.2, 0.25) is 0 Å². The number of imidazole rings is 1. The highest BCUT2D eigenvalue weighted by molar-refractivity contribution is 7.98. The Kier molecular flexibility index (Phi) is 3.64. The average molecular weight is 289 g/mol. The van der Waals surface area contributed by atoms with Crippen LogP contribution >= 0.6 is 11.8 Å². The highest BCUT2D eigenvalue weighted by atomic mass is 32.2. The molecule has 20 heavy (non-hydrogen) atoms. The molecule has 0 fully saturated rings. The number of aryl methyl sites for hydroxylation is 1. The second kappa shape index (κ2) is 5.58. The molecule has 0 bridgehead atoms. The fraction of sp³-hybridized carbons (Fsp3) is 0.286. The minimum atomic E-state index is 0.659. The van der Waals surface area contributed by atoms with E-state index in [1.54, 1.807) is 11.8 Å². The zero-order valence-electron chi connectivity index (χ0n) is 11.3. The molecule has 3 aromatic rings. The summed E-state index contributed by atoms with van der Waals surface area (Å²) < 4.78 is 10.5. The van der Waals surface area contributed by atoms with Gasteiger partial charge in [0.2, 0.25) is 0 Å². The molecule has 0 atom stereocenters. The standard InChI is InChI=1S/C14H15N3O2S/c1-3-18-11-4-5-12-13(7-11)16-14(15-12)20-8-10-6-9(2)19-17-10/h4-7H,3,8H2,1-2H3,(H,15,16). The van der Waals surface area contributed by atoms with Crippen molar-refractivity contribution in [2.75, 3.05) is 6.61 Å². The fourth-order valence-electron chi connectivity index (χ4n) is 1.92. The van der Waals surface area contributed by atoms with Gasteiger partial charge < -0.3 is 14.2 Å². The summed E-state index contributed by atoms with van der Waals surface area (Å²) in [5.74, 6) is 2.41. The summed E-state index contributed by atoms with van der Waals surface area (Å²) in [5.41, 5.74) is 2.84. The van der Waals surface area contributed by atoms with Gasteiger partial charge in [-0.2, -0.15) is 0 Å². The molecule has 0 spiro atoms. The Bertz CT molecular complexity index is 720. The van der Waals surface area contributed by atoms with Gasteiger partial charge in [0.05, 0.1) is 23.3 Å². The molecule has 1 N–H and O–H groups in total. The number of nitrogens with zero attached hydrogens (tertiary/aromatic N) is 2. The predicted molar refractivity (Wildman–Crippen MR) is 78.1 cm³/mol. The third-order valence-corrected chi connectivity index (χ3v) is 3.68. The van der Waals surface area contributed by atoms with E-state index in [-0.39, 0.29) is 0 Å². The third-order valence-electron chi connectivity index (χ3n) is 2.78. The number of hydrogen-bond acceptors (Lipinski definition) is 5. The Hall–Kier alpha value is -1.95. The maximum atomic E-state index is 5.48. The molecule has 0 saturated heterocycles. The van der Waals surface area contributed by atoms with Crippen molar-refractivity contribution in [1.29, 1.82) is 0 Å². The molecule has 2 aromatic heterocycles. The molecule has 3 rings (SSSR count). The van der Waals surface area contributed by atoms with Crippen LogP contribution in [-0.4, -0.2) is 21.7 Å². The monoisotopic (exact) mass is 289 g/mol. The van der Waals surface area contributed by atoms with E-state index >= 15 is 0 Å². The van der Waals surface area contributed by atoms with Crippen molar-refractivity contribution in [2.45, 2.75) is 24.8 Å². The lowest BCUT2D eigenvalue weighted by Crippen LogP contribution is -1.90. The van der Waals surface area contributed by atoms with Crippen LogP contribution in [0.5, 0.6) is 5.75 Å². The molecule has 5 nitrogen and oxygen atoms in total. The lowest BCUT2D eigenvalue weighted by molar-refractivity contribution is 0.340. The lowest BCUT2D eigenvalue weighted by Gasteiger charge is -2.00. The molecule has 104 valence electrons. The Balaban J connectivity index is 1.75. The summed E-state index contributed by atoms with van der Waals surface area (Å²) >= 11 is 1.60. The topological polar surface area (TPSA) is 63.9 Å². The minimum Gasteiger partial charge on any atom is -0.494 e. The van der Waals surface area contributed by atoms with E-state index in [2.05, 4.69) is 15.1 Å². The second-order valence-corrected chi connectivity index (χ2v) is 5.34. The quantitative estimate of drug-likeness (QED) is 0.728. The summed E-state index contributed by atoms with van der Waals surface area (Å²) in [6, 6.07) is 7.79. The van der Waals surface area contributed by atoms with Gasteiger partial charge in [-0.25, -0.2) is 4.98 Å². The molecule has 0 amide bonds. The number of hydrogen-bond donors (Lipinski definition) is 1. The van der Waals surface area contributed by atoms with Crippen molar-refractivity contribution in [3.8, 4) is 5.75 Å². The zero-order chi connectivity index (χ0) is 13.9. The third kappa shape index (κ3) is 2.80. The highest BCUT2D eigenvalue weighted by Gasteiger charge is 2.07. The number of nitrogens with one attached hydrogen (secondary N) is 1. The molecule has 0 unspecified atom stereocenters. The Labute approximate surface area is 120 Å². The molecular weight excluding hydrogens is 274 g/mol. The van der Waals surface area contributed by atoms with Gasteiger partial charge in [-0.1, -0.05) is 16.9 Å². The molecule has 1 aromatic carbocycles. The Morgan fingerprint density at radius 1 is 1.35 bits per heavy atom. The molecule has 0 aliphatic carbocycles. The van der Waals surface area contributed by atoms with Crippen molar-refractivity contribution in [1.82, 2.24) is 15.1 Å². The smallest absolute Gasteiger partial charge is 0.166 e. The van der Waals surface area contributed by atoms with Crippen LogP contribution in [-0.2, 0) is 5.75 Å². The predicted octanol–water partition coefficient (Wildman–Crippen LogP) is 3.55. The van der Waals surface area contributed by atoms with Crippen molar-refractivity contribution < 1.29 is 9.26 Å². The largest absolute Gasteiger partial charge is 0.494 e. The van der Waals surface area contributed by atoms with Gasteiger partial charge in [0.1, 0.15) is 11.5 Å². The minimum absolute atomic E-state index is 0.659. The van der Waals surface area contributed by atoms with E-state index in [9.17, 15) is 0 Å². The van der Waals surface area contributed by atoms with Gasteiger partial charge in [-0.05, 0) is 26.0 Å². The van der Waals surface area contributed by atoms with E-state index < -0.39 is 0 Å². The van der Waals surface area contributed by atoms with Crippen LogP contribution in [0.1, 0.15) is 18.4 Å². The molecule has 0 aliphatic heterocycles. The van der Waals surface area contributed by atoms with E-state index in [4.69, 9.17) is 9.26 Å². The van der Waals surface area contributed by atoms with Gasteiger partial charge in [-0.15, -0.1) is 0 Å². The number of aromatic amines is 1. The van der Waals surface area contributed by atoms with Gasteiger partial charge in [0.15, 0.2) is 5.16 Å². The number of benzene rings is 1. The first-order chi connectivity index (χ1) is 9.74. The van der Waals surface area contributed by atoms with Gasteiger partial charge in [-0.3, -0.25) is 0 Å². The maximum Gasteiger partial charge on any atom is 0.166 e. The van der Waals surface area contributed by atoms with Crippen molar-refractivity contribution >= 4 is 22.8 Å². The average Bonchev–Trinajstić information content (AvgIpc) is 3.02. The summed E-state index contributed by atoms with van der Waals surface area (Å²) in [6.45, 7) is 4.52. The SMILES string of the molecule is CCOc1ccc2nc(SCc3cc(C)on3)[nH]c2c1. The van der Waals surface area contributed by atoms with E-state index in [0.717, 1.165) is 39.1 Å². The zero-order valence-corrected chi connectivity index (χ0v) is 12.2. The van der Waals surface area contributed by atoms with E-state index in [1.165, 1.54) is 0 Å². The molecular formula is C14H15N3O2S. The van der Waals surface area contributed by atoms with Gasteiger partial charge >= 0.3 is 0 Å². The molecule has 0 radical (unpaired) electrons. The number of thioether (sulfide) groups is 1. The van der Waals surface area contributed by atoms with Crippen LogP contribution < -0.4 is 4.74 Å². The van der Waals surface area contributed by atoms with Crippen LogP contribution in [0.3, 0.4) is 0 Å². The van der Waals surface area contributed by atoms with Crippen LogP contribution in [0, 0.1) is 6.92 Å². The summed E-state index contributed by atoms with van der Waals surface area (Å²) in [5, 5.41) is 4.84. The Morgan fingerprint density at radius 2 is 2.25 bits per heavy atom. The van der Waals surface area contributed by atoms with Crippen molar-refractivity contribution in [3.05, 3.63) is 35.7 Å². The Morgan fingerprint density at radius 3 is 3.00 bits per heavy atom. The normalized spacial score (nSPS) is 11.1. The van der Waals surface area contributed by atoms with Gasteiger partial charge in [0.25, 0.3) is 0 Å². The summed E-state index contributed by atoms with van der Waals surface area (Å²) in [6.07, 6.45) is 0. The molecule has 0 saturated carbocycles. The maximum absolute atomic E-state index is 5.48. The first kappa shape index (κ1) is 13.1. The van der Waals surface area contributed by atoms with Crippen LogP contribution in [0.15, 0.2) is 33.9 Å². The lowest BCUT2D eigenvalue weighted by atomic mass is 10.3.